The Hall–Kier alpha value is -2.78. The molecule has 0 fully saturated rings. The summed E-state index contributed by atoms with van der Waals surface area (Å²) in [5.41, 5.74) is 1.88. The van der Waals surface area contributed by atoms with Crippen LogP contribution in [0.5, 0.6) is 0 Å². The average molecular weight is 653 g/mol. The third-order valence-electron chi connectivity index (χ3n) is 6.76. The lowest BCUT2D eigenvalue weighted by molar-refractivity contribution is -0.141. The van der Waals surface area contributed by atoms with Crippen LogP contribution < -0.4 is 9.62 Å². The highest BCUT2D eigenvalue weighted by molar-refractivity contribution is 7.92. The minimum absolute atomic E-state index is 0.00475. The first-order valence-corrected chi connectivity index (χ1v) is 16.8. The fraction of sp³-hybridized carbons (Fsp3) is 0.355. The molecule has 3 rings (SSSR count). The van der Waals surface area contributed by atoms with E-state index in [4.69, 9.17) is 34.8 Å². The summed E-state index contributed by atoms with van der Waals surface area (Å²) in [5, 5.41) is 4.23. The molecular formula is C31H36Cl3N3O4S. The van der Waals surface area contributed by atoms with Crippen LogP contribution in [-0.4, -0.2) is 50.5 Å². The van der Waals surface area contributed by atoms with Crippen molar-refractivity contribution < 1.29 is 18.0 Å². The number of sulfonamides is 1. The van der Waals surface area contributed by atoms with E-state index in [1.165, 1.54) is 9.21 Å². The lowest BCUT2D eigenvalue weighted by Gasteiger charge is -2.32. The van der Waals surface area contributed by atoms with E-state index in [9.17, 15) is 18.0 Å². The molecule has 0 saturated heterocycles. The molecule has 0 bridgehead atoms. The van der Waals surface area contributed by atoms with Crippen molar-refractivity contribution in [1.82, 2.24) is 10.2 Å². The van der Waals surface area contributed by atoms with Crippen molar-refractivity contribution in [3.05, 3.63) is 99.0 Å². The van der Waals surface area contributed by atoms with Crippen LogP contribution in [-0.2, 0) is 32.6 Å². The smallest absolute Gasteiger partial charge is 0.243 e. The number of hydrogen-bond acceptors (Lipinski definition) is 4. The van der Waals surface area contributed by atoms with Crippen LogP contribution in [0.15, 0.2) is 72.8 Å². The number of unbranched alkanes of at least 4 members (excludes halogenated alkanes) is 1. The topological polar surface area (TPSA) is 86.8 Å². The van der Waals surface area contributed by atoms with Gasteiger partial charge in [0.1, 0.15) is 6.04 Å². The summed E-state index contributed by atoms with van der Waals surface area (Å²) >= 11 is 19.0. The van der Waals surface area contributed by atoms with Gasteiger partial charge in [0.05, 0.1) is 11.9 Å². The quantitative estimate of drug-likeness (QED) is 0.184. The van der Waals surface area contributed by atoms with Gasteiger partial charge in [0.2, 0.25) is 21.8 Å². The maximum atomic E-state index is 13.9. The molecule has 1 atom stereocenters. The first-order chi connectivity index (χ1) is 20.0. The van der Waals surface area contributed by atoms with E-state index in [-0.39, 0.29) is 44.2 Å². The zero-order chi connectivity index (χ0) is 30.7. The SMILES string of the molecule is CCCCNC(=O)[C@H](Cc1ccccc1)N(Cc1c(Cl)cccc1Cl)C(=O)CCCN(c1ccc(Cl)cc1)S(C)(=O)=O. The van der Waals surface area contributed by atoms with E-state index in [0.29, 0.717) is 32.9 Å². The van der Waals surface area contributed by atoms with E-state index in [1.54, 1.807) is 42.5 Å². The third-order valence-corrected chi connectivity index (χ3v) is 8.91. The van der Waals surface area contributed by atoms with Gasteiger partial charge in [-0.1, -0.05) is 84.5 Å². The van der Waals surface area contributed by atoms with Gasteiger partial charge in [-0.05, 0) is 54.8 Å². The van der Waals surface area contributed by atoms with Crippen molar-refractivity contribution >= 4 is 62.3 Å². The van der Waals surface area contributed by atoms with Crippen LogP contribution in [0.4, 0.5) is 5.69 Å². The van der Waals surface area contributed by atoms with E-state index < -0.39 is 16.1 Å². The first-order valence-electron chi connectivity index (χ1n) is 13.8. The number of hydrogen-bond donors (Lipinski definition) is 1. The highest BCUT2D eigenvalue weighted by Crippen LogP contribution is 2.28. The molecular weight excluding hydrogens is 617 g/mol. The monoisotopic (exact) mass is 651 g/mol. The van der Waals surface area contributed by atoms with Gasteiger partial charge < -0.3 is 10.2 Å². The number of anilines is 1. The number of carbonyl (C=O) groups excluding carboxylic acids is 2. The van der Waals surface area contributed by atoms with Crippen molar-refractivity contribution in [2.45, 2.75) is 51.6 Å². The molecule has 226 valence electrons. The second-order valence-corrected chi connectivity index (χ2v) is 13.1. The molecule has 42 heavy (non-hydrogen) atoms. The van der Waals surface area contributed by atoms with Gasteiger partial charge in [0, 0.05) is 53.1 Å². The molecule has 1 N–H and O–H groups in total. The Morgan fingerprint density at radius 3 is 2.12 bits per heavy atom. The predicted molar refractivity (Wildman–Crippen MR) is 172 cm³/mol. The highest BCUT2D eigenvalue weighted by atomic mass is 35.5. The van der Waals surface area contributed by atoms with E-state index in [2.05, 4.69) is 5.32 Å². The summed E-state index contributed by atoms with van der Waals surface area (Å²) in [7, 11) is -3.63. The van der Waals surface area contributed by atoms with Crippen LogP contribution in [0.1, 0.15) is 43.7 Å². The molecule has 0 aromatic heterocycles. The molecule has 11 heteroatoms. The maximum absolute atomic E-state index is 13.9. The molecule has 0 saturated carbocycles. The Labute approximate surface area is 263 Å². The Morgan fingerprint density at radius 2 is 1.52 bits per heavy atom. The Kier molecular flexibility index (Phi) is 13.0. The van der Waals surface area contributed by atoms with Crippen molar-refractivity contribution in [2.75, 3.05) is 23.7 Å². The number of carbonyl (C=O) groups is 2. The van der Waals surface area contributed by atoms with Crippen molar-refractivity contribution in [3.8, 4) is 0 Å². The van der Waals surface area contributed by atoms with Crippen LogP contribution in [0.3, 0.4) is 0 Å². The van der Waals surface area contributed by atoms with E-state index in [1.807, 2.05) is 37.3 Å². The number of nitrogens with one attached hydrogen (secondary N) is 1. The zero-order valence-corrected chi connectivity index (χ0v) is 26.8. The summed E-state index contributed by atoms with van der Waals surface area (Å²) < 4.78 is 26.4. The fourth-order valence-electron chi connectivity index (χ4n) is 4.53. The Balaban J connectivity index is 1.91. The van der Waals surface area contributed by atoms with Gasteiger partial charge in [0.15, 0.2) is 0 Å². The molecule has 0 radical (unpaired) electrons. The normalized spacial score (nSPS) is 12.0. The summed E-state index contributed by atoms with van der Waals surface area (Å²) in [4.78, 5) is 29.0. The van der Waals surface area contributed by atoms with Crippen LogP contribution in [0.2, 0.25) is 15.1 Å². The lowest BCUT2D eigenvalue weighted by Crippen LogP contribution is -2.50. The standard InChI is InChI=1S/C31H36Cl3N3O4S/c1-3-4-19-35-31(39)29(21-23-10-6-5-7-11-23)36(22-26-27(33)12-8-13-28(26)34)30(38)14-9-20-37(42(2,40)41)25-17-15-24(32)16-18-25/h5-8,10-13,15-18,29H,3-4,9,14,19-22H2,1-2H3,(H,35,39)/t29-/m0/s1. The summed E-state index contributed by atoms with van der Waals surface area (Å²) in [5.74, 6) is -0.593. The highest BCUT2D eigenvalue weighted by Gasteiger charge is 2.31. The minimum Gasteiger partial charge on any atom is -0.354 e. The predicted octanol–water partition coefficient (Wildman–Crippen LogP) is 6.75. The molecule has 3 aromatic rings. The zero-order valence-electron chi connectivity index (χ0n) is 23.7. The van der Waals surface area contributed by atoms with Gasteiger partial charge in [-0.15, -0.1) is 0 Å². The molecule has 0 aliphatic carbocycles. The number of halogens is 3. The van der Waals surface area contributed by atoms with Crippen molar-refractivity contribution in [2.24, 2.45) is 0 Å². The molecule has 7 nitrogen and oxygen atoms in total. The van der Waals surface area contributed by atoms with Gasteiger partial charge in [0.25, 0.3) is 0 Å². The summed E-state index contributed by atoms with van der Waals surface area (Å²) in [6, 6.07) is 20.2. The molecule has 0 aliphatic rings. The molecule has 0 spiro atoms. The number of nitrogens with zero attached hydrogens (tertiary/aromatic N) is 2. The van der Waals surface area contributed by atoms with Gasteiger partial charge >= 0.3 is 0 Å². The van der Waals surface area contributed by atoms with E-state index >= 15 is 0 Å². The number of amides is 2. The lowest BCUT2D eigenvalue weighted by atomic mass is 10.0. The average Bonchev–Trinajstić information content (AvgIpc) is 2.95. The third kappa shape index (κ3) is 9.90. The Bertz CT molecular complexity index is 1420. The summed E-state index contributed by atoms with van der Waals surface area (Å²) in [6.45, 7) is 2.61. The Morgan fingerprint density at radius 1 is 0.881 bits per heavy atom. The van der Waals surface area contributed by atoms with Gasteiger partial charge in [-0.3, -0.25) is 13.9 Å². The molecule has 3 aromatic carbocycles. The van der Waals surface area contributed by atoms with Crippen molar-refractivity contribution in [3.63, 3.8) is 0 Å². The second-order valence-electron chi connectivity index (χ2n) is 9.99. The van der Waals surface area contributed by atoms with E-state index in [0.717, 1.165) is 24.7 Å². The largest absolute Gasteiger partial charge is 0.354 e. The first kappa shape index (κ1) is 33.7. The van der Waals surface area contributed by atoms with Gasteiger partial charge in [-0.25, -0.2) is 8.42 Å². The van der Waals surface area contributed by atoms with Crippen molar-refractivity contribution in [1.29, 1.82) is 0 Å². The van der Waals surface area contributed by atoms with Crippen LogP contribution in [0.25, 0.3) is 0 Å². The number of rotatable bonds is 15. The molecule has 2 amide bonds. The maximum Gasteiger partial charge on any atom is 0.243 e. The molecule has 0 aliphatic heterocycles. The summed E-state index contributed by atoms with van der Waals surface area (Å²) in [6.07, 6.45) is 3.33. The molecule has 0 unspecified atom stereocenters. The van der Waals surface area contributed by atoms with Crippen LogP contribution in [0, 0.1) is 0 Å². The minimum atomic E-state index is -3.63. The van der Waals surface area contributed by atoms with Crippen LogP contribution >= 0.6 is 34.8 Å². The van der Waals surface area contributed by atoms with Gasteiger partial charge in [-0.2, -0.15) is 0 Å². The number of benzene rings is 3. The fourth-order valence-corrected chi connectivity index (χ4v) is 6.13. The second kappa shape index (κ2) is 16.2. The molecule has 0 heterocycles.